The van der Waals surface area contributed by atoms with E-state index in [9.17, 15) is 8.42 Å². The second kappa shape index (κ2) is 5.07. The smallest absolute Gasteiger partial charge is 0.262 e. The molecule has 0 spiro atoms. The number of nitrogens with two attached hydrogens (primary N) is 1. The number of sulfonamides is 1. The van der Waals surface area contributed by atoms with Crippen molar-refractivity contribution in [3.8, 4) is 0 Å². The van der Waals surface area contributed by atoms with Crippen molar-refractivity contribution in [1.82, 2.24) is 9.29 Å². The van der Waals surface area contributed by atoms with Crippen LogP contribution in [0.2, 0.25) is 0 Å². The third kappa shape index (κ3) is 2.62. The molecule has 2 atom stereocenters. The fourth-order valence-corrected chi connectivity index (χ4v) is 5.23. The Morgan fingerprint density at radius 2 is 2.00 bits per heavy atom. The van der Waals surface area contributed by atoms with Crippen LogP contribution in [0.4, 0.5) is 5.69 Å². The highest BCUT2D eigenvalue weighted by molar-refractivity contribution is 8.00. The highest BCUT2D eigenvalue weighted by Gasteiger charge is 2.33. The van der Waals surface area contributed by atoms with Gasteiger partial charge in [0.2, 0.25) is 0 Å². The zero-order valence-corrected chi connectivity index (χ0v) is 12.0. The maximum Gasteiger partial charge on any atom is 0.262 e. The molecule has 0 aromatic carbocycles. The standard InChI is InChI=1S/C11H17N3O2S2/c1-8-6-14(7-9(2)17-8)18(15,16)11-10(12)4-3-5-13-11/h3-5,8-9H,6-7,12H2,1-2H3. The van der Waals surface area contributed by atoms with E-state index in [-0.39, 0.29) is 21.2 Å². The summed E-state index contributed by atoms with van der Waals surface area (Å²) in [6.45, 7) is 5.08. The number of thioether (sulfide) groups is 1. The number of rotatable bonds is 2. The molecule has 2 heterocycles. The molecular formula is C11H17N3O2S2. The lowest BCUT2D eigenvalue weighted by molar-refractivity contribution is 0.403. The SMILES string of the molecule is CC1CN(S(=O)(=O)c2ncccc2N)CC(C)S1. The molecule has 2 N–H and O–H groups in total. The van der Waals surface area contributed by atoms with Gasteiger partial charge in [0.15, 0.2) is 5.03 Å². The first-order valence-electron chi connectivity index (χ1n) is 5.77. The van der Waals surface area contributed by atoms with Gasteiger partial charge in [0.05, 0.1) is 5.69 Å². The number of aromatic nitrogens is 1. The lowest BCUT2D eigenvalue weighted by Gasteiger charge is -2.33. The number of pyridine rings is 1. The van der Waals surface area contributed by atoms with E-state index in [0.29, 0.717) is 13.1 Å². The molecule has 0 saturated carbocycles. The van der Waals surface area contributed by atoms with Crippen molar-refractivity contribution in [1.29, 1.82) is 0 Å². The molecule has 7 heteroatoms. The van der Waals surface area contributed by atoms with Crippen LogP contribution >= 0.6 is 11.8 Å². The summed E-state index contributed by atoms with van der Waals surface area (Å²) < 4.78 is 26.4. The van der Waals surface area contributed by atoms with Crippen molar-refractivity contribution in [2.24, 2.45) is 0 Å². The molecule has 18 heavy (non-hydrogen) atoms. The van der Waals surface area contributed by atoms with Crippen LogP contribution in [0.25, 0.3) is 0 Å². The molecule has 1 saturated heterocycles. The number of nitrogen functional groups attached to an aromatic ring is 1. The van der Waals surface area contributed by atoms with Crippen molar-refractivity contribution in [2.45, 2.75) is 29.4 Å². The predicted octanol–water partition coefficient (Wildman–Crippen LogP) is 1.18. The first-order chi connectivity index (χ1) is 8.41. The second-order valence-corrected chi connectivity index (χ2v) is 8.21. The van der Waals surface area contributed by atoms with Crippen molar-refractivity contribution < 1.29 is 8.42 Å². The maximum atomic E-state index is 12.5. The van der Waals surface area contributed by atoms with Crippen LogP contribution in [0.5, 0.6) is 0 Å². The van der Waals surface area contributed by atoms with Crippen LogP contribution in [0.15, 0.2) is 23.4 Å². The molecule has 2 unspecified atom stereocenters. The first kappa shape index (κ1) is 13.6. The summed E-state index contributed by atoms with van der Waals surface area (Å²) in [6.07, 6.45) is 1.45. The molecule has 100 valence electrons. The Hall–Kier alpha value is -0.790. The van der Waals surface area contributed by atoms with E-state index >= 15 is 0 Å². The van der Waals surface area contributed by atoms with Gasteiger partial charge in [-0.1, -0.05) is 13.8 Å². The van der Waals surface area contributed by atoms with Gasteiger partial charge in [-0.05, 0) is 12.1 Å². The lowest BCUT2D eigenvalue weighted by atomic mass is 10.4. The summed E-state index contributed by atoms with van der Waals surface area (Å²) in [5, 5.41) is 0.540. The quantitative estimate of drug-likeness (QED) is 0.884. The van der Waals surface area contributed by atoms with E-state index in [4.69, 9.17) is 5.73 Å². The number of anilines is 1. The zero-order valence-electron chi connectivity index (χ0n) is 10.4. The Kier molecular flexibility index (Phi) is 3.84. The van der Waals surface area contributed by atoms with Crippen molar-refractivity contribution >= 4 is 27.5 Å². The molecule has 2 rings (SSSR count). The van der Waals surface area contributed by atoms with E-state index in [2.05, 4.69) is 4.98 Å². The van der Waals surface area contributed by atoms with Crippen LogP contribution in [0.3, 0.4) is 0 Å². The van der Waals surface area contributed by atoms with Gasteiger partial charge < -0.3 is 5.73 Å². The van der Waals surface area contributed by atoms with Gasteiger partial charge in [-0.3, -0.25) is 0 Å². The summed E-state index contributed by atoms with van der Waals surface area (Å²) in [4.78, 5) is 3.91. The molecule has 1 aliphatic heterocycles. The van der Waals surface area contributed by atoms with E-state index in [1.165, 1.54) is 10.5 Å². The fraction of sp³-hybridized carbons (Fsp3) is 0.545. The van der Waals surface area contributed by atoms with Gasteiger partial charge in [-0.25, -0.2) is 13.4 Å². The summed E-state index contributed by atoms with van der Waals surface area (Å²) in [7, 11) is -3.57. The summed E-state index contributed by atoms with van der Waals surface area (Å²) in [6, 6.07) is 3.19. The van der Waals surface area contributed by atoms with Gasteiger partial charge in [0.25, 0.3) is 10.0 Å². The van der Waals surface area contributed by atoms with E-state index < -0.39 is 10.0 Å². The third-order valence-corrected chi connectivity index (χ3v) is 5.81. The molecule has 0 bridgehead atoms. The molecule has 1 aromatic rings. The molecule has 1 aromatic heterocycles. The molecule has 5 nitrogen and oxygen atoms in total. The summed E-state index contributed by atoms with van der Waals surface area (Å²) in [5.74, 6) is 0. The van der Waals surface area contributed by atoms with Gasteiger partial charge in [0.1, 0.15) is 0 Å². The Morgan fingerprint density at radius 3 is 2.56 bits per heavy atom. The van der Waals surface area contributed by atoms with Gasteiger partial charge >= 0.3 is 0 Å². The zero-order chi connectivity index (χ0) is 13.3. The highest BCUT2D eigenvalue weighted by Crippen LogP contribution is 2.29. The molecule has 0 amide bonds. The molecule has 0 radical (unpaired) electrons. The minimum absolute atomic E-state index is 0.0312. The van der Waals surface area contributed by atoms with Gasteiger partial charge in [0, 0.05) is 29.8 Å². The topological polar surface area (TPSA) is 76.3 Å². The normalized spacial score (nSPS) is 26.1. The monoisotopic (exact) mass is 287 g/mol. The third-order valence-electron chi connectivity index (χ3n) is 2.77. The largest absolute Gasteiger partial charge is 0.396 e. The fourth-order valence-electron chi connectivity index (χ4n) is 2.07. The van der Waals surface area contributed by atoms with E-state index in [1.807, 2.05) is 13.8 Å². The molecule has 1 fully saturated rings. The van der Waals surface area contributed by atoms with Crippen LogP contribution in [0.1, 0.15) is 13.8 Å². The van der Waals surface area contributed by atoms with Crippen molar-refractivity contribution in [2.75, 3.05) is 18.8 Å². The average Bonchev–Trinajstić information content (AvgIpc) is 2.28. The van der Waals surface area contributed by atoms with E-state index in [1.54, 1.807) is 23.9 Å². The first-order valence-corrected chi connectivity index (χ1v) is 8.15. The summed E-state index contributed by atoms with van der Waals surface area (Å²) >= 11 is 1.80. The molecular weight excluding hydrogens is 270 g/mol. The van der Waals surface area contributed by atoms with Crippen molar-refractivity contribution in [3.05, 3.63) is 18.3 Å². The second-order valence-electron chi connectivity index (χ2n) is 4.48. The Labute approximate surface area is 112 Å². The van der Waals surface area contributed by atoms with Crippen LogP contribution in [-0.2, 0) is 10.0 Å². The van der Waals surface area contributed by atoms with Crippen LogP contribution in [0, 0.1) is 0 Å². The van der Waals surface area contributed by atoms with Gasteiger partial charge in [-0.15, -0.1) is 0 Å². The lowest BCUT2D eigenvalue weighted by Crippen LogP contribution is -2.44. The number of nitrogens with zero attached hydrogens (tertiary/aromatic N) is 2. The Morgan fingerprint density at radius 1 is 1.39 bits per heavy atom. The number of hydrogen-bond donors (Lipinski definition) is 1. The predicted molar refractivity (Wildman–Crippen MR) is 73.9 cm³/mol. The van der Waals surface area contributed by atoms with Crippen LogP contribution < -0.4 is 5.73 Å². The number of hydrogen-bond acceptors (Lipinski definition) is 5. The summed E-state index contributed by atoms with van der Waals surface area (Å²) in [5.41, 5.74) is 5.91. The highest BCUT2D eigenvalue weighted by atomic mass is 32.2. The minimum atomic E-state index is -3.57. The average molecular weight is 287 g/mol. The Balaban J connectivity index is 2.34. The van der Waals surface area contributed by atoms with E-state index in [0.717, 1.165) is 0 Å². The Bertz CT molecular complexity index is 523. The maximum absolute atomic E-state index is 12.5. The molecule has 1 aliphatic rings. The minimum Gasteiger partial charge on any atom is -0.396 e. The van der Waals surface area contributed by atoms with Gasteiger partial charge in [-0.2, -0.15) is 16.1 Å². The molecule has 0 aliphatic carbocycles. The van der Waals surface area contributed by atoms with Crippen molar-refractivity contribution in [3.63, 3.8) is 0 Å². The van der Waals surface area contributed by atoms with Crippen LogP contribution in [-0.4, -0.2) is 41.3 Å².